The number of aromatic nitrogens is 2. The Morgan fingerprint density at radius 1 is 1.19 bits per heavy atom. The molecule has 3 rings (SSSR count). The quantitative estimate of drug-likeness (QED) is 0.293. The van der Waals surface area contributed by atoms with Gasteiger partial charge in [0.15, 0.2) is 20.3 Å². The first kappa shape index (κ1) is 28.5. The summed E-state index contributed by atoms with van der Waals surface area (Å²) < 4.78 is 43.8. The van der Waals surface area contributed by atoms with Crippen LogP contribution in [-0.4, -0.2) is 43.1 Å². The van der Waals surface area contributed by atoms with E-state index in [4.69, 9.17) is 10.5 Å². The highest BCUT2D eigenvalue weighted by molar-refractivity contribution is 8.01. The number of amides is 2. The Morgan fingerprint density at radius 3 is 2.57 bits per heavy atom. The van der Waals surface area contributed by atoms with Crippen molar-refractivity contribution in [3.05, 3.63) is 54.1 Å². The van der Waals surface area contributed by atoms with Gasteiger partial charge in [-0.25, -0.2) is 22.8 Å². The monoisotopic (exact) mass is 567 g/mol. The molecule has 0 radical (unpaired) electrons. The van der Waals surface area contributed by atoms with E-state index in [-0.39, 0.29) is 28.2 Å². The van der Waals surface area contributed by atoms with Gasteiger partial charge in [-0.2, -0.15) is 0 Å². The first-order chi connectivity index (χ1) is 17.4. The van der Waals surface area contributed by atoms with Crippen molar-refractivity contribution in [1.82, 2.24) is 9.97 Å². The largest absolute Gasteiger partial charge is 0.491 e. The minimum Gasteiger partial charge on any atom is -0.491 e. The first-order valence-corrected chi connectivity index (χ1v) is 14.6. The number of halogens is 1. The lowest BCUT2D eigenvalue weighted by Gasteiger charge is -2.14. The molecule has 1 unspecified atom stereocenters. The molecule has 0 bridgehead atoms. The molecule has 2 amide bonds. The number of carbonyl (C=O) groups excluding carboxylic acids is 2. The SMILES string of the molecule is CC(C)COc1cc(F)ccc1NC(=O)CC(=O)Nc1nc(C(N)S(C)(=O)=O)c(Sc2ccccn2)s1. The van der Waals surface area contributed by atoms with Crippen molar-refractivity contribution in [2.24, 2.45) is 11.7 Å². The number of anilines is 2. The average molecular weight is 568 g/mol. The second-order valence-corrected chi connectivity index (χ2v) is 12.8. The highest BCUT2D eigenvalue weighted by atomic mass is 32.2. The van der Waals surface area contributed by atoms with Crippen LogP contribution in [0.2, 0.25) is 0 Å². The number of sulfone groups is 1. The number of pyridine rings is 1. The van der Waals surface area contributed by atoms with E-state index >= 15 is 0 Å². The molecule has 0 aliphatic carbocycles. The van der Waals surface area contributed by atoms with Crippen molar-refractivity contribution in [1.29, 1.82) is 0 Å². The van der Waals surface area contributed by atoms with Gasteiger partial charge in [0.25, 0.3) is 0 Å². The third-order valence-electron chi connectivity index (χ3n) is 4.54. The topological polar surface area (TPSA) is 153 Å². The van der Waals surface area contributed by atoms with Crippen LogP contribution < -0.4 is 21.1 Å². The maximum Gasteiger partial charge on any atom is 0.235 e. The van der Waals surface area contributed by atoms with Crippen LogP contribution in [0.15, 0.2) is 51.8 Å². The van der Waals surface area contributed by atoms with E-state index in [1.165, 1.54) is 12.1 Å². The zero-order valence-electron chi connectivity index (χ0n) is 20.2. The van der Waals surface area contributed by atoms with E-state index < -0.39 is 39.3 Å². The second kappa shape index (κ2) is 12.4. The normalized spacial score (nSPS) is 12.3. The number of nitrogens with zero attached hydrogens (tertiary/aromatic N) is 2. The van der Waals surface area contributed by atoms with Crippen LogP contribution in [-0.2, 0) is 19.4 Å². The van der Waals surface area contributed by atoms with Crippen molar-refractivity contribution in [2.45, 2.75) is 34.9 Å². The molecule has 1 aromatic carbocycles. The molecule has 0 spiro atoms. The van der Waals surface area contributed by atoms with Gasteiger partial charge in [0.1, 0.15) is 28.7 Å². The summed E-state index contributed by atoms with van der Waals surface area (Å²) in [6.07, 6.45) is 2.00. The number of nitrogens with two attached hydrogens (primary N) is 1. The number of nitrogens with one attached hydrogen (secondary N) is 2. The molecule has 0 aliphatic heterocycles. The minimum atomic E-state index is -3.68. The molecule has 1 atom stereocenters. The maximum absolute atomic E-state index is 13.6. The van der Waals surface area contributed by atoms with E-state index in [9.17, 15) is 22.4 Å². The first-order valence-electron chi connectivity index (χ1n) is 11.0. The van der Waals surface area contributed by atoms with Crippen LogP contribution in [0.4, 0.5) is 15.2 Å². The molecule has 4 N–H and O–H groups in total. The van der Waals surface area contributed by atoms with Crippen LogP contribution >= 0.6 is 23.1 Å². The van der Waals surface area contributed by atoms with Crippen molar-refractivity contribution in [2.75, 3.05) is 23.5 Å². The molecule has 0 saturated carbocycles. The summed E-state index contributed by atoms with van der Waals surface area (Å²) >= 11 is 2.17. The number of benzene rings is 1. The average Bonchev–Trinajstić information content (AvgIpc) is 3.19. The zero-order chi connectivity index (χ0) is 27.2. The van der Waals surface area contributed by atoms with Gasteiger partial charge in [0.05, 0.1) is 16.5 Å². The molecule has 14 heteroatoms. The van der Waals surface area contributed by atoms with Gasteiger partial charge in [-0.15, -0.1) is 0 Å². The Labute approximate surface area is 222 Å². The number of rotatable bonds is 11. The Hall–Kier alpha value is -3.07. The summed E-state index contributed by atoms with van der Waals surface area (Å²) in [4.78, 5) is 33.4. The summed E-state index contributed by atoms with van der Waals surface area (Å²) in [6.45, 7) is 4.16. The third kappa shape index (κ3) is 8.49. The van der Waals surface area contributed by atoms with Gasteiger partial charge in [-0.05, 0) is 30.2 Å². The van der Waals surface area contributed by atoms with Gasteiger partial charge in [-0.1, -0.05) is 43.0 Å². The molecular weight excluding hydrogens is 541 g/mol. The summed E-state index contributed by atoms with van der Waals surface area (Å²) in [5.41, 5.74) is 6.21. The summed E-state index contributed by atoms with van der Waals surface area (Å²) in [6, 6.07) is 8.91. The maximum atomic E-state index is 13.6. The fourth-order valence-electron chi connectivity index (χ4n) is 2.81. The van der Waals surface area contributed by atoms with Crippen molar-refractivity contribution < 1.29 is 27.1 Å². The van der Waals surface area contributed by atoms with Crippen molar-refractivity contribution >= 4 is 55.6 Å². The Bertz CT molecular complexity index is 1370. The van der Waals surface area contributed by atoms with E-state index in [1.807, 2.05) is 13.8 Å². The lowest BCUT2D eigenvalue weighted by Crippen LogP contribution is -2.23. The van der Waals surface area contributed by atoms with Crippen molar-refractivity contribution in [3.63, 3.8) is 0 Å². The van der Waals surface area contributed by atoms with Gasteiger partial charge < -0.3 is 21.1 Å². The molecule has 2 aromatic heterocycles. The van der Waals surface area contributed by atoms with Crippen LogP contribution in [0.3, 0.4) is 0 Å². The van der Waals surface area contributed by atoms with Gasteiger partial charge >= 0.3 is 0 Å². The Kier molecular flexibility index (Phi) is 9.59. The van der Waals surface area contributed by atoms with Crippen LogP contribution in [0, 0.1) is 11.7 Å². The molecule has 2 heterocycles. The fourth-order valence-corrected chi connectivity index (χ4v) is 5.68. The number of hydrogen-bond donors (Lipinski definition) is 3. The van der Waals surface area contributed by atoms with Gasteiger partial charge in [-0.3, -0.25) is 9.59 Å². The zero-order valence-corrected chi connectivity index (χ0v) is 22.7. The van der Waals surface area contributed by atoms with Crippen LogP contribution in [0.25, 0.3) is 0 Å². The second-order valence-electron chi connectivity index (χ2n) is 8.33. The van der Waals surface area contributed by atoms with Gasteiger partial charge in [0.2, 0.25) is 11.8 Å². The Balaban J connectivity index is 1.72. The van der Waals surface area contributed by atoms with E-state index in [2.05, 4.69) is 20.6 Å². The molecule has 10 nitrogen and oxygen atoms in total. The summed E-state index contributed by atoms with van der Waals surface area (Å²) in [5.74, 6) is -1.55. The van der Waals surface area contributed by atoms with Crippen LogP contribution in [0.1, 0.15) is 31.3 Å². The van der Waals surface area contributed by atoms with E-state index in [1.54, 1.807) is 24.4 Å². The molecule has 3 aromatic rings. The number of carbonyl (C=O) groups is 2. The lowest BCUT2D eigenvalue weighted by molar-refractivity contribution is -0.123. The third-order valence-corrected chi connectivity index (χ3v) is 7.82. The molecular formula is C23H26FN5O5S3. The Morgan fingerprint density at radius 2 is 1.92 bits per heavy atom. The molecule has 37 heavy (non-hydrogen) atoms. The fraction of sp³-hybridized carbons (Fsp3) is 0.304. The van der Waals surface area contributed by atoms with E-state index in [0.29, 0.717) is 15.8 Å². The number of thiazole rings is 1. The number of hydrogen-bond acceptors (Lipinski definition) is 10. The number of ether oxygens (including phenoxy) is 1. The molecule has 0 saturated heterocycles. The van der Waals surface area contributed by atoms with Crippen LogP contribution in [0.5, 0.6) is 5.75 Å². The predicted octanol–water partition coefficient (Wildman–Crippen LogP) is 3.83. The minimum absolute atomic E-state index is 0.0705. The predicted molar refractivity (Wildman–Crippen MR) is 141 cm³/mol. The lowest BCUT2D eigenvalue weighted by atomic mass is 10.2. The smallest absolute Gasteiger partial charge is 0.235 e. The highest BCUT2D eigenvalue weighted by Crippen LogP contribution is 2.39. The van der Waals surface area contributed by atoms with Gasteiger partial charge in [0, 0.05) is 18.5 Å². The molecule has 198 valence electrons. The standard InChI is InChI=1S/C23H26FN5O5S3/c1-13(2)12-34-16-10-14(24)7-8-15(16)27-17(30)11-18(31)28-23-29-20(21(25)37(3,32)33)22(36-23)35-19-6-4-5-9-26-19/h4-10,13,21H,11-12,25H2,1-3H3,(H,27,30)(H,28,29,31). The molecule has 0 fully saturated rings. The highest BCUT2D eigenvalue weighted by Gasteiger charge is 2.27. The molecule has 0 aliphatic rings. The summed E-state index contributed by atoms with van der Waals surface area (Å²) in [5, 5.41) is 4.30. The van der Waals surface area contributed by atoms with E-state index in [0.717, 1.165) is 35.4 Å². The summed E-state index contributed by atoms with van der Waals surface area (Å²) in [7, 11) is -3.68. The van der Waals surface area contributed by atoms with Crippen molar-refractivity contribution in [3.8, 4) is 5.75 Å².